The lowest BCUT2D eigenvalue weighted by atomic mass is 10.1. The second kappa shape index (κ2) is 10.3. The van der Waals surface area contributed by atoms with E-state index in [9.17, 15) is 9.59 Å². The highest BCUT2D eigenvalue weighted by Gasteiger charge is 2.15. The second-order valence-corrected chi connectivity index (χ2v) is 5.28. The summed E-state index contributed by atoms with van der Waals surface area (Å²) in [7, 11) is 0. The molecule has 0 heterocycles. The molecule has 0 aromatic rings. The highest BCUT2D eigenvalue weighted by molar-refractivity contribution is 5.86. The fourth-order valence-corrected chi connectivity index (χ4v) is 1.42. The highest BCUT2D eigenvalue weighted by atomic mass is 16.6. The van der Waals surface area contributed by atoms with Crippen molar-refractivity contribution < 1.29 is 19.1 Å². The summed E-state index contributed by atoms with van der Waals surface area (Å²) in [6.45, 7) is 11.9. The van der Waals surface area contributed by atoms with Gasteiger partial charge >= 0.3 is 12.1 Å². The second-order valence-electron chi connectivity index (χ2n) is 5.28. The Morgan fingerprint density at radius 1 is 1.30 bits per heavy atom. The fraction of sp³-hybridized carbons (Fsp3) is 0.733. The molecule has 0 spiro atoms. The molecule has 20 heavy (non-hydrogen) atoms. The summed E-state index contributed by atoms with van der Waals surface area (Å²) in [6, 6.07) is 0. The van der Waals surface area contributed by atoms with Crippen molar-refractivity contribution in [2.45, 2.75) is 53.1 Å². The summed E-state index contributed by atoms with van der Waals surface area (Å²) in [5.74, 6) is 0.155. The van der Waals surface area contributed by atoms with Gasteiger partial charge in [-0.1, -0.05) is 27.4 Å². The molecular formula is C15H27NO4. The first-order valence-electron chi connectivity index (χ1n) is 7.13. The third kappa shape index (κ3) is 9.42. The lowest BCUT2D eigenvalue weighted by Crippen LogP contribution is -2.32. The normalized spacial score (nSPS) is 11.8. The quantitative estimate of drug-likeness (QED) is 0.402. The number of nitrogens with one attached hydrogen (secondary N) is 1. The van der Waals surface area contributed by atoms with E-state index >= 15 is 0 Å². The van der Waals surface area contributed by atoms with E-state index in [2.05, 4.69) is 25.7 Å². The summed E-state index contributed by atoms with van der Waals surface area (Å²) in [5, 5.41) is 2.69. The van der Waals surface area contributed by atoms with Crippen molar-refractivity contribution in [1.29, 1.82) is 0 Å². The predicted octanol–water partition coefficient (Wildman–Crippen LogP) is 3.05. The Kier molecular flexibility index (Phi) is 9.51. The fourth-order valence-electron chi connectivity index (χ4n) is 1.42. The van der Waals surface area contributed by atoms with E-state index in [-0.39, 0.29) is 6.61 Å². The average molecular weight is 285 g/mol. The third-order valence-electron chi connectivity index (χ3n) is 2.71. The van der Waals surface area contributed by atoms with Gasteiger partial charge < -0.3 is 14.8 Å². The van der Waals surface area contributed by atoms with E-state index < -0.39 is 18.2 Å². The van der Waals surface area contributed by atoms with Crippen LogP contribution in [-0.2, 0) is 14.3 Å². The van der Waals surface area contributed by atoms with Crippen molar-refractivity contribution in [2.75, 3.05) is 13.2 Å². The minimum atomic E-state index is -0.468. The number of amides is 1. The largest absolute Gasteiger partial charge is 0.458 e. The summed E-state index contributed by atoms with van der Waals surface area (Å²) in [4.78, 5) is 22.8. The van der Waals surface area contributed by atoms with Crippen molar-refractivity contribution in [3.63, 3.8) is 0 Å². The number of carbonyl (C=O) groups is 2. The minimum absolute atomic E-state index is 0.0572. The first-order chi connectivity index (χ1) is 9.36. The summed E-state index contributed by atoms with van der Waals surface area (Å²) < 4.78 is 10.2. The molecule has 0 aliphatic rings. The van der Waals surface area contributed by atoms with E-state index in [0.717, 1.165) is 12.8 Å². The van der Waals surface area contributed by atoms with Crippen LogP contribution in [0.4, 0.5) is 4.79 Å². The number of rotatable bonds is 9. The van der Waals surface area contributed by atoms with Gasteiger partial charge in [0.05, 0.1) is 0 Å². The summed E-state index contributed by atoms with van der Waals surface area (Å²) in [6.07, 6.45) is 1.68. The van der Waals surface area contributed by atoms with Gasteiger partial charge in [-0.15, -0.1) is 0 Å². The maximum Gasteiger partial charge on any atom is 0.407 e. The smallest absolute Gasteiger partial charge is 0.407 e. The van der Waals surface area contributed by atoms with Gasteiger partial charge in [0.1, 0.15) is 12.7 Å². The van der Waals surface area contributed by atoms with E-state index in [1.165, 1.54) is 0 Å². The van der Waals surface area contributed by atoms with Gasteiger partial charge in [-0.3, -0.25) is 0 Å². The molecule has 1 N–H and O–H groups in total. The van der Waals surface area contributed by atoms with Gasteiger partial charge in [0.2, 0.25) is 0 Å². The zero-order valence-electron chi connectivity index (χ0n) is 13.0. The molecule has 5 heteroatoms. The molecule has 0 aromatic heterocycles. The van der Waals surface area contributed by atoms with Gasteiger partial charge in [0.15, 0.2) is 0 Å². The van der Waals surface area contributed by atoms with Crippen LogP contribution in [0.5, 0.6) is 0 Å². The van der Waals surface area contributed by atoms with Crippen LogP contribution < -0.4 is 5.32 Å². The Morgan fingerprint density at radius 2 is 1.95 bits per heavy atom. The van der Waals surface area contributed by atoms with Crippen LogP contribution >= 0.6 is 0 Å². The number of carbonyl (C=O) groups excluding carboxylic acids is 2. The number of hydrogen-bond donors (Lipinski definition) is 1. The van der Waals surface area contributed by atoms with Crippen LogP contribution in [0.25, 0.3) is 0 Å². The SMILES string of the molecule is C=C(C)C(=O)OCC(CC)OC(=O)NCCCC(C)C. The van der Waals surface area contributed by atoms with E-state index in [1.54, 1.807) is 6.92 Å². The van der Waals surface area contributed by atoms with Crippen molar-refractivity contribution in [1.82, 2.24) is 5.32 Å². The molecule has 116 valence electrons. The van der Waals surface area contributed by atoms with Gasteiger partial charge in [-0.25, -0.2) is 9.59 Å². The Labute approximate surface area is 121 Å². The zero-order valence-corrected chi connectivity index (χ0v) is 13.0. The molecule has 0 aliphatic carbocycles. The predicted molar refractivity (Wildman–Crippen MR) is 78.4 cm³/mol. The molecule has 5 nitrogen and oxygen atoms in total. The molecule has 0 saturated carbocycles. The molecule has 0 bridgehead atoms. The molecule has 0 radical (unpaired) electrons. The average Bonchev–Trinajstić information content (AvgIpc) is 2.38. The first-order valence-corrected chi connectivity index (χ1v) is 7.13. The molecular weight excluding hydrogens is 258 g/mol. The van der Waals surface area contributed by atoms with Gasteiger partial charge in [0.25, 0.3) is 0 Å². The maximum absolute atomic E-state index is 11.5. The van der Waals surface area contributed by atoms with E-state index in [4.69, 9.17) is 9.47 Å². The van der Waals surface area contributed by atoms with Gasteiger partial charge in [-0.05, 0) is 32.1 Å². The van der Waals surface area contributed by atoms with Crippen LogP contribution in [0.15, 0.2) is 12.2 Å². The van der Waals surface area contributed by atoms with Crippen molar-refractivity contribution in [3.8, 4) is 0 Å². The van der Waals surface area contributed by atoms with Crippen molar-refractivity contribution in [2.24, 2.45) is 5.92 Å². The number of alkyl carbamates (subject to hydrolysis) is 1. The number of ether oxygens (including phenoxy) is 2. The third-order valence-corrected chi connectivity index (χ3v) is 2.71. The molecule has 0 aliphatic heterocycles. The molecule has 1 amide bonds. The van der Waals surface area contributed by atoms with E-state index in [1.807, 2.05) is 6.92 Å². The highest BCUT2D eigenvalue weighted by Crippen LogP contribution is 2.04. The monoisotopic (exact) mass is 285 g/mol. The standard InChI is InChI=1S/C15H27NO4/c1-6-13(10-19-14(17)12(4)5)20-15(18)16-9-7-8-11(2)3/h11,13H,4,6-10H2,1-3,5H3,(H,16,18). The van der Waals surface area contributed by atoms with Crippen molar-refractivity contribution >= 4 is 12.1 Å². The van der Waals surface area contributed by atoms with Gasteiger partial charge in [0, 0.05) is 12.1 Å². The number of esters is 1. The summed E-state index contributed by atoms with van der Waals surface area (Å²) in [5.41, 5.74) is 0.331. The lowest BCUT2D eigenvalue weighted by Gasteiger charge is -2.16. The van der Waals surface area contributed by atoms with Crippen molar-refractivity contribution in [3.05, 3.63) is 12.2 Å². The Hall–Kier alpha value is -1.52. The lowest BCUT2D eigenvalue weighted by molar-refractivity contribution is -0.142. The topological polar surface area (TPSA) is 64.6 Å². The molecule has 0 rings (SSSR count). The molecule has 1 unspecified atom stereocenters. The van der Waals surface area contributed by atoms with Crippen LogP contribution in [0.1, 0.15) is 47.0 Å². The Bertz CT molecular complexity index is 326. The molecule has 0 fully saturated rings. The Balaban J connectivity index is 3.89. The number of hydrogen-bond acceptors (Lipinski definition) is 4. The van der Waals surface area contributed by atoms with Crippen LogP contribution in [0.2, 0.25) is 0 Å². The van der Waals surface area contributed by atoms with Gasteiger partial charge in [-0.2, -0.15) is 0 Å². The molecule has 1 atom stereocenters. The van der Waals surface area contributed by atoms with Crippen LogP contribution in [0.3, 0.4) is 0 Å². The minimum Gasteiger partial charge on any atom is -0.458 e. The maximum atomic E-state index is 11.5. The molecule has 0 saturated heterocycles. The summed E-state index contributed by atoms with van der Waals surface area (Å²) >= 11 is 0. The first kappa shape index (κ1) is 18.5. The van der Waals surface area contributed by atoms with Crippen LogP contribution in [-0.4, -0.2) is 31.3 Å². The Morgan fingerprint density at radius 3 is 2.45 bits per heavy atom. The van der Waals surface area contributed by atoms with E-state index in [0.29, 0.717) is 24.5 Å². The zero-order chi connectivity index (χ0) is 15.5. The van der Waals surface area contributed by atoms with Crippen LogP contribution in [0, 0.1) is 5.92 Å². The molecule has 0 aromatic carbocycles.